The average molecular weight is 205 g/mol. The molecule has 0 atom stereocenters. The molecule has 0 spiro atoms. The van der Waals surface area contributed by atoms with Crippen LogP contribution >= 0.6 is 0 Å². The average Bonchev–Trinajstić information content (AvgIpc) is 2.27. The first-order valence-corrected chi connectivity index (χ1v) is 5.09. The van der Waals surface area contributed by atoms with E-state index < -0.39 is 0 Å². The Hall–Kier alpha value is -1.35. The third-order valence-corrected chi connectivity index (χ3v) is 2.83. The van der Waals surface area contributed by atoms with Crippen molar-refractivity contribution in [2.75, 3.05) is 20.7 Å². The molecule has 0 saturated heterocycles. The lowest BCUT2D eigenvalue weighted by Crippen LogP contribution is -2.26. The summed E-state index contributed by atoms with van der Waals surface area (Å²) >= 11 is 0. The minimum atomic E-state index is -0.253. The molecule has 1 heterocycles. The first-order valence-electron chi connectivity index (χ1n) is 5.09. The molecule has 0 aromatic heterocycles. The number of rotatable bonds is 1. The monoisotopic (exact) mass is 205 g/mol. The summed E-state index contributed by atoms with van der Waals surface area (Å²) in [6.45, 7) is 2.02. The zero-order valence-corrected chi connectivity index (χ0v) is 9.12. The van der Waals surface area contributed by atoms with Gasteiger partial charge in [-0.25, -0.2) is 4.79 Å². The van der Waals surface area contributed by atoms with Gasteiger partial charge in [0.15, 0.2) is 0 Å². The highest BCUT2D eigenvalue weighted by Crippen LogP contribution is 2.19. The fourth-order valence-electron chi connectivity index (χ4n) is 1.94. The van der Waals surface area contributed by atoms with Crippen molar-refractivity contribution < 1.29 is 9.53 Å². The van der Waals surface area contributed by atoms with Gasteiger partial charge in [0.2, 0.25) is 0 Å². The number of hydrogen-bond acceptors (Lipinski definition) is 3. The van der Waals surface area contributed by atoms with Crippen LogP contribution in [0.1, 0.15) is 21.5 Å². The lowest BCUT2D eigenvalue weighted by Gasteiger charge is -2.25. The van der Waals surface area contributed by atoms with Crippen LogP contribution in [0.5, 0.6) is 0 Å². The molecule has 0 radical (unpaired) electrons. The fraction of sp³-hybridized carbons (Fsp3) is 0.417. The van der Waals surface area contributed by atoms with Crippen LogP contribution in [-0.2, 0) is 17.7 Å². The topological polar surface area (TPSA) is 29.5 Å². The largest absolute Gasteiger partial charge is 0.465 e. The van der Waals surface area contributed by atoms with Gasteiger partial charge in [0, 0.05) is 13.1 Å². The Labute approximate surface area is 89.7 Å². The van der Waals surface area contributed by atoms with E-state index in [4.69, 9.17) is 4.74 Å². The number of ether oxygens (including phenoxy) is 1. The Morgan fingerprint density at radius 1 is 1.40 bits per heavy atom. The molecule has 0 N–H and O–H groups in total. The van der Waals surface area contributed by atoms with Gasteiger partial charge < -0.3 is 9.64 Å². The van der Waals surface area contributed by atoms with Crippen LogP contribution in [0.15, 0.2) is 18.2 Å². The van der Waals surface area contributed by atoms with Gasteiger partial charge in [-0.1, -0.05) is 6.07 Å². The highest BCUT2D eigenvalue weighted by molar-refractivity contribution is 5.89. The molecule has 1 aromatic carbocycles. The third kappa shape index (κ3) is 2.02. The number of esters is 1. The van der Waals surface area contributed by atoms with Crippen molar-refractivity contribution in [3.8, 4) is 0 Å². The molecule has 2 rings (SSSR count). The molecule has 3 nitrogen and oxygen atoms in total. The van der Waals surface area contributed by atoms with E-state index in [0.29, 0.717) is 5.56 Å². The molecular formula is C12H15NO2. The number of fused-ring (bicyclic) bond motifs is 1. The van der Waals surface area contributed by atoms with Crippen LogP contribution in [0.25, 0.3) is 0 Å². The van der Waals surface area contributed by atoms with Gasteiger partial charge in [0.1, 0.15) is 0 Å². The van der Waals surface area contributed by atoms with Crippen LogP contribution in [-0.4, -0.2) is 31.6 Å². The maximum atomic E-state index is 11.3. The van der Waals surface area contributed by atoms with Gasteiger partial charge in [-0.3, -0.25) is 0 Å². The van der Waals surface area contributed by atoms with Crippen molar-refractivity contribution in [1.82, 2.24) is 4.90 Å². The number of hydrogen-bond donors (Lipinski definition) is 0. The molecule has 0 unspecified atom stereocenters. The number of nitrogens with zero attached hydrogens (tertiary/aromatic N) is 1. The zero-order chi connectivity index (χ0) is 10.8. The maximum absolute atomic E-state index is 11.3. The van der Waals surface area contributed by atoms with Gasteiger partial charge in [-0.2, -0.15) is 0 Å². The highest BCUT2D eigenvalue weighted by Gasteiger charge is 2.15. The van der Waals surface area contributed by atoms with E-state index in [1.807, 2.05) is 18.2 Å². The molecule has 0 bridgehead atoms. The predicted octanol–water partition coefficient (Wildman–Crippen LogP) is 1.46. The Balaban J connectivity index is 2.30. The molecule has 15 heavy (non-hydrogen) atoms. The normalized spacial score (nSPS) is 15.9. The smallest absolute Gasteiger partial charge is 0.337 e. The predicted molar refractivity (Wildman–Crippen MR) is 57.8 cm³/mol. The van der Waals surface area contributed by atoms with Crippen molar-refractivity contribution in [3.63, 3.8) is 0 Å². The number of carbonyl (C=O) groups is 1. The van der Waals surface area contributed by atoms with Gasteiger partial charge in [0.25, 0.3) is 0 Å². The number of benzene rings is 1. The highest BCUT2D eigenvalue weighted by atomic mass is 16.5. The third-order valence-electron chi connectivity index (χ3n) is 2.83. The molecule has 0 aliphatic carbocycles. The summed E-state index contributed by atoms with van der Waals surface area (Å²) < 4.78 is 4.70. The lowest BCUT2D eigenvalue weighted by molar-refractivity contribution is 0.0600. The summed E-state index contributed by atoms with van der Waals surface area (Å²) in [5, 5.41) is 0. The molecular weight excluding hydrogens is 190 g/mol. The van der Waals surface area contributed by atoms with E-state index >= 15 is 0 Å². The second-order valence-corrected chi connectivity index (χ2v) is 3.96. The van der Waals surface area contributed by atoms with Gasteiger partial charge >= 0.3 is 5.97 Å². The maximum Gasteiger partial charge on any atom is 0.337 e. The minimum absolute atomic E-state index is 0.253. The summed E-state index contributed by atoms with van der Waals surface area (Å²) in [5.74, 6) is -0.253. The van der Waals surface area contributed by atoms with E-state index in [1.165, 1.54) is 18.2 Å². The van der Waals surface area contributed by atoms with Crippen LogP contribution in [0.3, 0.4) is 0 Å². The van der Waals surface area contributed by atoms with Crippen molar-refractivity contribution >= 4 is 5.97 Å². The number of carbonyl (C=O) groups excluding carboxylic acids is 1. The first-order chi connectivity index (χ1) is 7.20. The SMILES string of the molecule is COC(=O)c1ccc2c(c1)CCN(C)C2. The van der Waals surface area contributed by atoms with Crippen LogP contribution in [0.4, 0.5) is 0 Å². The molecule has 0 amide bonds. The summed E-state index contributed by atoms with van der Waals surface area (Å²) in [6, 6.07) is 5.81. The fourth-order valence-corrected chi connectivity index (χ4v) is 1.94. The van der Waals surface area contributed by atoms with Crippen molar-refractivity contribution in [3.05, 3.63) is 34.9 Å². The molecule has 1 aromatic rings. The standard InChI is InChI=1S/C12H15NO2/c1-13-6-5-9-7-10(12(14)15-2)3-4-11(9)8-13/h3-4,7H,5-6,8H2,1-2H3. The first kappa shape index (κ1) is 10.2. The lowest BCUT2D eigenvalue weighted by atomic mass is 9.98. The van der Waals surface area contributed by atoms with E-state index in [-0.39, 0.29) is 5.97 Å². The van der Waals surface area contributed by atoms with Gasteiger partial charge in [-0.15, -0.1) is 0 Å². The summed E-state index contributed by atoms with van der Waals surface area (Å²) in [5.41, 5.74) is 3.24. The second-order valence-electron chi connectivity index (χ2n) is 3.96. The Morgan fingerprint density at radius 3 is 2.93 bits per heavy atom. The number of likely N-dealkylation sites (N-methyl/N-ethyl adjacent to an activating group) is 1. The van der Waals surface area contributed by atoms with Crippen molar-refractivity contribution in [2.24, 2.45) is 0 Å². The minimum Gasteiger partial charge on any atom is -0.465 e. The van der Waals surface area contributed by atoms with E-state index in [0.717, 1.165) is 19.5 Å². The van der Waals surface area contributed by atoms with Crippen LogP contribution < -0.4 is 0 Å². The molecule has 80 valence electrons. The van der Waals surface area contributed by atoms with Crippen LogP contribution in [0.2, 0.25) is 0 Å². The summed E-state index contributed by atoms with van der Waals surface area (Å²) in [6.07, 6.45) is 1.01. The van der Waals surface area contributed by atoms with Crippen molar-refractivity contribution in [2.45, 2.75) is 13.0 Å². The molecule has 3 heteroatoms. The van der Waals surface area contributed by atoms with Gasteiger partial charge in [0.05, 0.1) is 12.7 Å². The quantitative estimate of drug-likeness (QED) is 0.650. The summed E-state index contributed by atoms with van der Waals surface area (Å²) in [7, 11) is 3.52. The van der Waals surface area contributed by atoms with Gasteiger partial charge in [-0.05, 0) is 36.7 Å². The molecule has 1 aliphatic heterocycles. The Kier molecular flexibility index (Phi) is 2.73. The Morgan fingerprint density at radius 2 is 2.20 bits per heavy atom. The van der Waals surface area contributed by atoms with E-state index in [9.17, 15) is 4.79 Å². The summed E-state index contributed by atoms with van der Waals surface area (Å²) in [4.78, 5) is 13.6. The van der Waals surface area contributed by atoms with Crippen LogP contribution in [0, 0.1) is 0 Å². The second kappa shape index (κ2) is 4.03. The molecule has 0 fully saturated rings. The molecule has 1 aliphatic rings. The Bertz CT molecular complexity index is 387. The van der Waals surface area contributed by atoms with E-state index in [2.05, 4.69) is 11.9 Å². The van der Waals surface area contributed by atoms with E-state index in [1.54, 1.807) is 0 Å². The zero-order valence-electron chi connectivity index (χ0n) is 9.12. The number of methoxy groups -OCH3 is 1. The molecule has 0 saturated carbocycles. The van der Waals surface area contributed by atoms with Crippen molar-refractivity contribution in [1.29, 1.82) is 0 Å².